The Kier molecular flexibility index (Phi) is 5.47. The fourth-order valence-electron chi connectivity index (χ4n) is 1.53. The number of anilines is 1. The van der Waals surface area contributed by atoms with E-state index in [9.17, 15) is 14.9 Å². The molecule has 110 valence electrons. The summed E-state index contributed by atoms with van der Waals surface area (Å²) >= 11 is 5.78. The summed E-state index contributed by atoms with van der Waals surface area (Å²) in [4.78, 5) is 22.1. The third-order valence-corrected chi connectivity index (χ3v) is 2.67. The number of carbonyl (C=O) groups excluding carboxylic acids is 1. The molecule has 20 heavy (non-hydrogen) atoms. The quantitative estimate of drug-likeness (QED) is 0.646. The lowest BCUT2D eigenvalue weighted by Gasteiger charge is -2.20. The summed E-state index contributed by atoms with van der Waals surface area (Å²) in [6, 6.07) is 4.05. The van der Waals surface area contributed by atoms with Gasteiger partial charge in [-0.25, -0.2) is 0 Å². The molecule has 0 radical (unpaired) electrons. The van der Waals surface area contributed by atoms with Crippen molar-refractivity contribution in [1.82, 2.24) is 5.32 Å². The second-order valence-corrected chi connectivity index (χ2v) is 5.83. The van der Waals surface area contributed by atoms with E-state index in [1.165, 1.54) is 18.2 Å². The van der Waals surface area contributed by atoms with Gasteiger partial charge in [-0.3, -0.25) is 14.9 Å². The van der Waals surface area contributed by atoms with Crippen molar-refractivity contribution in [3.63, 3.8) is 0 Å². The molecule has 1 amide bonds. The van der Waals surface area contributed by atoms with E-state index >= 15 is 0 Å². The molecular formula is C13H18ClN3O3. The van der Waals surface area contributed by atoms with Crippen molar-refractivity contribution in [3.8, 4) is 0 Å². The number of nitro groups is 1. The van der Waals surface area contributed by atoms with Crippen LogP contribution in [0.1, 0.15) is 27.2 Å². The molecular weight excluding hydrogens is 282 g/mol. The zero-order valence-corrected chi connectivity index (χ0v) is 12.5. The zero-order chi connectivity index (χ0) is 15.3. The molecule has 1 aromatic carbocycles. The number of amides is 1. The first-order valence-electron chi connectivity index (χ1n) is 6.18. The summed E-state index contributed by atoms with van der Waals surface area (Å²) in [5, 5.41) is 16.9. The Balaban J connectivity index is 2.66. The third-order valence-electron chi connectivity index (χ3n) is 2.44. The molecule has 1 aromatic rings. The van der Waals surface area contributed by atoms with Gasteiger partial charge in [-0.05, 0) is 32.9 Å². The normalized spacial score (nSPS) is 11.2. The van der Waals surface area contributed by atoms with Crippen molar-refractivity contribution in [2.24, 2.45) is 0 Å². The fourth-order valence-corrected chi connectivity index (χ4v) is 1.70. The summed E-state index contributed by atoms with van der Waals surface area (Å²) in [5.41, 5.74) is -0.141. The van der Waals surface area contributed by atoms with Crippen LogP contribution in [0.2, 0.25) is 5.02 Å². The van der Waals surface area contributed by atoms with Crippen LogP contribution in [0, 0.1) is 10.1 Å². The first-order chi connectivity index (χ1) is 9.19. The van der Waals surface area contributed by atoms with Crippen LogP contribution in [0.15, 0.2) is 18.2 Å². The van der Waals surface area contributed by atoms with Crippen LogP contribution in [0.4, 0.5) is 11.4 Å². The number of nitrogens with one attached hydrogen (secondary N) is 2. The molecule has 6 nitrogen and oxygen atoms in total. The van der Waals surface area contributed by atoms with Gasteiger partial charge in [0, 0.05) is 29.6 Å². The molecule has 0 spiro atoms. The molecule has 0 aromatic heterocycles. The topological polar surface area (TPSA) is 84.3 Å². The summed E-state index contributed by atoms with van der Waals surface area (Å²) in [6.45, 7) is 6.47. The van der Waals surface area contributed by atoms with Crippen molar-refractivity contribution in [3.05, 3.63) is 33.3 Å². The fraction of sp³-hybridized carbons (Fsp3) is 0.462. The molecule has 0 fully saturated rings. The van der Waals surface area contributed by atoms with Crippen molar-refractivity contribution in [1.29, 1.82) is 0 Å². The highest BCUT2D eigenvalue weighted by Crippen LogP contribution is 2.27. The molecule has 0 aliphatic rings. The molecule has 0 heterocycles. The highest BCUT2D eigenvalue weighted by atomic mass is 35.5. The summed E-state index contributed by atoms with van der Waals surface area (Å²) in [6.07, 6.45) is 0.223. The van der Waals surface area contributed by atoms with E-state index in [1.807, 2.05) is 20.8 Å². The van der Waals surface area contributed by atoms with Crippen LogP contribution >= 0.6 is 11.6 Å². The first kappa shape index (κ1) is 16.4. The van der Waals surface area contributed by atoms with E-state index < -0.39 is 4.92 Å². The summed E-state index contributed by atoms with van der Waals surface area (Å²) < 4.78 is 0. The number of carbonyl (C=O) groups is 1. The average molecular weight is 300 g/mol. The number of benzene rings is 1. The number of hydrogen-bond donors (Lipinski definition) is 2. The van der Waals surface area contributed by atoms with Crippen molar-refractivity contribution in [2.75, 3.05) is 11.9 Å². The zero-order valence-electron chi connectivity index (χ0n) is 11.7. The van der Waals surface area contributed by atoms with E-state index in [0.717, 1.165) is 0 Å². The van der Waals surface area contributed by atoms with Gasteiger partial charge in [-0.1, -0.05) is 11.6 Å². The highest BCUT2D eigenvalue weighted by molar-refractivity contribution is 6.31. The number of nitro benzene ring substituents is 1. The van der Waals surface area contributed by atoms with Gasteiger partial charge in [0.1, 0.15) is 5.69 Å². The lowest BCUT2D eigenvalue weighted by molar-refractivity contribution is -0.383. The maximum atomic E-state index is 11.8. The van der Waals surface area contributed by atoms with Crippen molar-refractivity contribution >= 4 is 28.9 Å². The van der Waals surface area contributed by atoms with Crippen LogP contribution in [-0.2, 0) is 4.79 Å². The highest BCUT2D eigenvalue weighted by Gasteiger charge is 2.16. The Hall–Kier alpha value is -1.66. The minimum absolute atomic E-state index is 0.0810. The Morgan fingerprint density at radius 1 is 1.40 bits per heavy atom. The molecule has 0 saturated heterocycles. The minimum Gasteiger partial charge on any atom is -0.320 e. The maximum absolute atomic E-state index is 11.8. The van der Waals surface area contributed by atoms with Crippen LogP contribution < -0.4 is 10.6 Å². The summed E-state index contributed by atoms with van der Waals surface area (Å²) in [5.74, 6) is -0.299. The van der Waals surface area contributed by atoms with Gasteiger partial charge in [0.15, 0.2) is 0 Å². The van der Waals surface area contributed by atoms with Crippen LogP contribution in [0.5, 0.6) is 0 Å². The van der Waals surface area contributed by atoms with Crippen LogP contribution in [0.3, 0.4) is 0 Å². The molecule has 0 unspecified atom stereocenters. The van der Waals surface area contributed by atoms with Crippen molar-refractivity contribution < 1.29 is 9.72 Å². The van der Waals surface area contributed by atoms with Gasteiger partial charge in [-0.2, -0.15) is 0 Å². The van der Waals surface area contributed by atoms with E-state index in [2.05, 4.69) is 10.6 Å². The van der Waals surface area contributed by atoms with Gasteiger partial charge in [-0.15, -0.1) is 0 Å². The molecule has 2 N–H and O–H groups in total. The minimum atomic E-state index is -0.556. The number of nitrogens with zero attached hydrogens (tertiary/aromatic N) is 1. The Morgan fingerprint density at radius 2 is 2.05 bits per heavy atom. The number of hydrogen-bond acceptors (Lipinski definition) is 4. The lowest BCUT2D eigenvalue weighted by atomic mass is 10.1. The first-order valence-corrected chi connectivity index (χ1v) is 6.55. The standard InChI is InChI=1S/C13H18ClN3O3/c1-13(2,3)15-7-6-12(18)16-10-8-9(14)4-5-11(10)17(19)20/h4-5,8,15H,6-7H2,1-3H3,(H,16,18). The Morgan fingerprint density at radius 3 is 2.60 bits per heavy atom. The molecule has 0 saturated carbocycles. The SMILES string of the molecule is CC(C)(C)NCCC(=O)Nc1cc(Cl)ccc1[N+](=O)[O-]. The smallest absolute Gasteiger partial charge is 0.292 e. The molecule has 0 atom stereocenters. The van der Waals surface area contributed by atoms with E-state index in [0.29, 0.717) is 11.6 Å². The molecule has 7 heteroatoms. The van der Waals surface area contributed by atoms with Gasteiger partial charge in [0.2, 0.25) is 5.91 Å². The monoisotopic (exact) mass is 299 g/mol. The van der Waals surface area contributed by atoms with Gasteiger partial charge >= 0.3 is 0 Å². The summed E-state index contributed by atoms with van der Waals surface area (Å²) in [7, 11) is 0. The molecule has 0 aliphatic carbocycles. The number of halogens is 1. The predicted molar refractivity (Wildman–Crippen MR) is 79.1 cm³/mol. The predicted octanol–water partition coefficient (Wildman–Crippen LogP) is 2.96. The average Bonchev–Trinajstić information content (AvgIpc) is 2.26. The second-order valence-electron chi connectivity index (χ2n) is 5.39. The maximum Gasteiger partial charge on any atom is 0.292 e. The van der Waals surface area contributed by atoms with E-state index in [1.54, 1.807) is 0 Å². The van der Waals surface area contributed by atoms with Crippen LogP contribution in [0.25, 0.3) is 0 Å². The molecule has 0 aliphatic heterocycles. The van der Waals surface area contributed by atoms with Gasteiger partial charge < -0.3 is 10.6 Å². The van der Waals surface area contributed by atoms with Crippen LogP contribution in [-0.4, -0.2) is 22.9 Å². The largest absolute Gasteiger partial charge is 0.320 e. The van der Waals surface area contributed by atoms with E-state index in [-0.39, 0.29) is 29.2 Å². The second kappa shape index (κ2) is 6.67. The Labute approximate surface area is 122 Å². The third kappa shape index (κ3) is 5.54. The van der Waals surface area contributed by atoms with E-state index in [4.69, 9.17) is 11.6 Å². The lowest BCUT2D eigenvalue weighted by Crippen LogP contribution is -2.37. The van der Waals surface area contributed by atoms with Gasteiger partial charge in [0.25, 0.3) is 5.69 Å². The van der Waals surface area contributed by atoms with Crippen molar-refractivity contribution in [2.45, 2.75) is 32.7 Å². The molecule has 1 rings (SSSR count). The Bertz CT molecular complexity index is 512. The molecule has 0 bridgehead atoms. The van der Waals surface area contributed by atoms with Gasteiger partial charge in [0.05, 0.1) is 4.92 Å². The number of rotatable bonds is 5.